The molecule has 9 nitrogen and oxygen atoms in total. The molecule has 4 rings (SSSR count). The number of hydrogen-bond acceptors (Lipinski definition) is 8. The predicted octanol–water partition coefficient (Wildman–Crippen LogP) is 3.38. The van der Waals surface area contributed by atoms with Crippen molar-refractivity contribution in [3.8, 4) is 6.07 Å². The number of piperazine rings is 1. The number of pyridine rings is 1. The lowest BCUT2D eigenvalue weighted by Gasteiger charge is -2.37. The van der Waals surface area contributed by atoms with Crippen LogP contribution in [0.15, 0.2) is 34.0 Å². The van der Waals surface area contributed by atoms with Crippen LogP contribution in [-0.4, -0.2) is 63.5 Å². The second-order valence-corrected chi connectivity index (χ2v) is 10.5. The monoisotopic (exact) mass is 555 g/mol. The number of ether oxygens (including phenoxy) is 1. The molecule has 1 aromatic carbocycles. The zero-order chi connectivity index (χ0) is 27.6. The van der Waals surface area contributed by atoms with E-state index in [4.69, 9.17) is 17.0 Å². The molecular formula is C26H26FN5O4S2. The average Bonchev–Trinajstić information content (AvgIpc) is 3.16. The van der Waals surface area contributed by atoms with Gasteiger partial charge in [0, 0.05) is 38.8 Å². The fraction of sp³-hybridized carbons (Fsp3) is 0.346. The second-order valence-electron chi connectivity index (χ2n) is 8.78. The molecule has 198 valence electrons. The van der Waals surface area contributed by atoms with Crippen LogP contribution in [0.4, 0.5) is 15.0 Å². The summed E-state index contributed by atoms with van der Waals surface area (Å²) in [6.45, 7) is 5.57. The maximum atomic E-state index is 13.3. The van der Waals surface area contributed by atoms with Gasteiger partial charge in [0.05, 0.1) is 18.1 Å². The Hall–Kier alpha value is -3.69. The quantitative estimate of drug-likeness (QED) is 0.409. The van der Waals surface area contributed by atoms with E-state index < -0.39 is 5.56 Å². The molecule has 0 saturated carbocycles. The summed E-state index contributed by atoms with van der Waals surface area (Å²) in [5.74, 6) is -0.124. The summed E-state index contributed by atoms with van der Waals surface area (Å²) in [6, 6.07) is 7.85. The van der Waals surface area contributed by atoms with Crippen molar-refractivity contribution in [2.45, 2.75) is 20.4 Å². The molecule has 0 N–H and O–H groups in total. The van der Waals surface area contributed by atoms with Gasteiger partial charge in [0.2, 0.25) is 0 Å². The molecule has 0 bridgehead atoms. The highest BCUT2D eigenvalue weighted by Gasteiger charge is 2.34. The van der Waals surface area contributed by atoms with Gasteiger partial charge in [0.15, 0.2) is 0 Å². The topological polar surface area (TPSA) is 98.9 Å². The molecular weight excluding hydrogens is 529 g/mol. The van der Waals surface area contributed by atoms with Crippen LogP contribution < -0.4 is 10.5 Å². The van der Waals surface area contributed by atoms with E-state index >= 15 is 0 Å². The number of thiocarbonyl (C=S) groups is 1. The largest absolute Gasteiger partial charge is 0.450 e. The first-order chi connectivity index (χ1) is 18.2. The van der Waals surface area contributed by atoms with E-state index in [2.05, 4.69) is 0 Å². The Morgan fingerprint density at radius 3 is 2.47 bits per heavy atom. The summed E-state index contributed by atoms with van der Waals surface area (Å²) in [5.41, 5.74) is 1.31. The van der Waals surface area contributed by atoms with E-state index in [-0.39, 0.29) is 36.5 Å². The molecule has 38 heavy (non-hydrogen) atoms. The zero-order valence-electron chi connectivity index (χ0n) is 21.2. The Balaban J connectivity index is 1.69. The van der Waals surface area contributed by atoms with Gasteiger partial charge in [0.1, 0.15) is 27.6 Å². The normalized spacial score (nSPS) is 16.8. The van der Waals surface area contributed by atoms with Crippen LogP contribution in [0.25, 0.3) is 6.08 Å². The van der Waals surface area contributed by atoms with Crippen molar-refractivity contribution in [1.29, 1.82) is 5.26 Å². The van der Waals surface area contributed by atoms with Crippen molar-refractivity contribution in [3.05, 3.63) is 67.6 Å². The summed E-state index contributed by atoms with van der Waals surface area (Å²) in [6.07, 6.45) is 1.29. The zero-order valence-corrected chi connectivity index (χ0v) is 22.8. The number of benzene rings is 1. The molecule has 0 atom stereocenters. The molecule has 0 aliphatic carbocycles. The van der Waals surface area contributed by atoms with Gasteiger partial charge in [-0.3, -0.25) is 19.1 Å². The van der Waals surface area contributed by atoms with Gasteiger partial charge < -0.3 is 14.5 Å². The van der Waals surface area contributed by atoms with Gasteiger partial charge in [-0.2, -0.15) is 5.26 Å². The van der Waals surface area contributed by atoms with Crippen molar-refractivity contribution < 1.29 is 18.7 Å². The number of nitriles is 1. The Morgan fingerprint density at radius 2 is 1.87 bits per heavy atom. The number of carbonyl (C=O) groups is 2. The van der Waals surface area contributed by atoms with Crippen LogP contribution in [0.5, 0.6) is 0 Å². The van der Waals surface area contributed by atoms with Crippen molar-refractivity contribution in [2.75, 3.05) is 37.7 Å². The Labute approximate surface area is 229 Å². The first kappa shape index (κ1) is 27.3. The highest BCUT2D eigenvalue weighted by Crippen LogP contribution is 2.36. The van der Waals surface area contributed by atoms with Crippen molar-refractivity contribution in [2.24, 2.45) is 7.05 Å². The molecule has 2 fully saturated rings. The summed E-state index contributed by atoms with van der Waals surface area (Å²) in [5, 5.41) is 9.69. The van der Waals surface area contributed by atoms with Gasteiger partial charge in [-0.25, -0.2) is 9.18 Å². The number of aromatic nitrogens is 1. The van der Waals surface area contributed by atoms with Gasteiger partial charge in [-0.15, -0.1) is 0 Å². The lowest BCUT2D eigenvalue weighted by atomic mass is 10.0. The Bertz CT molecular complexity index is 1420. The van der Waals surface area contributed by atoms with Crippen LogP contribution in [-0.2, 0) is 23.1 Å². The van der Waals surface area contributed by atoms with Crippen LogP contribution in [0.1, 0.15) is 29.2 Å². The molecule has 0 radical (unpaired) electrons. The third kappa shape index (κ3) is 5.30. The van der Waals surface area contributed by atoms with E-state index in [0.717, 1.165) is 17.3 Å². The lowest BCUT2D eigenvalue weighted by Crippen LogP contribution is -2.50. The molecule has 2 amide bonds. The third-order valence-electron chi connectivity index (χ3n) is 6.48. The van der Waals surface area contributed by atoms with Crippen LogP contribution >= 0.6 is 24.0 Å². The minimum Gasteiger partial charge on any atom is -0.450 e. The summed E-state index contributed by atoms with van der Waals surface area (Å²) in [7, 11) is 1.59. The van der Waals surface area contributed by atoms with Crippen molar-refractivity contribution in [1.82, 2.24) is 14.4 Å². The highest BCUT2D eigenvalue weighted by molar-refractivity contribution is 8.26. The third-order valence-corrected chi connectivity index (χ3v) is 7.85. The van der Waals surface area contributed by atoms with Crippen molar-refractivity contribution >= 4 is 52.2 Å². The minimum atomic E-state index is -0.436. The van der Waals surface area contributed by atoms with Gasteiger partial charge in [-0.05, 0) is 43.2 Å². The summed E-state index contributed by atoms with van der Waals surface area (Å²) in [4.78, 5) is 43.9. The molecule has 12 heteroatoms. The SMILES string of the molecule is CCOC(=O)N1CCN(c2c(/C=C3\SC(=S)N(Cc4ccc(F)cc4)C3=O)c(C)c(C#N)c(=O)n2C)CC1. The molecule has 3 heterocycles. The predicted molar refractivity (Wildman–Crippen MR) is 147 cm³/mol. The molecule has 1 aromatic heterocycles. The van der Waals surface area contributed by atoms with E-state index in [9.17, 15) is 24.0 Å². The number of amides is 2. The van der Waals surface area contributed by atoms with E-state index in [1.165, 1.54) is 21.6 Å². The fourth-order valence-electron chi connectivity index (χ4n) is 4.45. The first-order valence-electron chi connectivity index (χ1n) is 12.0. The average molecular weight is 556 g/mol. The smallest absolute Gasteiger partial charge is 0.409 e. The summed E-state index contributed by atoms with van der Waals surface area (Å²) < 4.78 is 20.2. The molecule has 2 aliphatic heterocycles. The maximum Gasteiger partial charge on any atom is 0.409 e. The van der Waals surface area contributed by atoms with E-state index in [1.807, 2.05) is 11.0 Å². The van der Waals surface area contributed by atoms with Crippen LogP contribution in [0.3, 0.4) is 0 Å². The molecule has 0 unspecified atom stereocenters. The first-order valence-corrected chi connectivity index (χ1v) is 13.2. The number of halogens is 1. The number of nitrogens with zero attached hydrogens (tertiary/aromatic N) is 5. The molecule has 0 spiro atoms. The van der Waals surface area contributed by atoms with Gasteiger partial charge in [0.25, 0.3) is 11.5 Å². The molecule has 2 saturated heterocycles. The minimum absolute atomic E-state index is 0.00514. The van der Waals surface area contributed by atoms with E-state index in [1.54, 1.807) is 44.0 Å². The number of anilines is 1. The maximum absolute atomic E-state index is 13.3. The highest BCUT2D eigenvalue weighted by atomic mass is 32.2. The molecule has 2 aliphatic rings. The number of thioether (sulfide) groups is 1. The van der Waals surface area contributed by atoms with Crippen molar-refractivity contribution in [3.63, 3.8) is 0 Å². The van der Waals surface area contributed by atoms with Crippen LogP contribution in [0.2, 0.25) is 0 Å². The molecule has 2 aromatic rings. The van der Waals surface area contributed by atoms with Crippen LogP contribution in [0, 0.1) is 24.1 Å². The lowest BCUT2D eigenvalue weighted by molar-refractivity contribution is -0.122. The summed E-state index contributed by atoms with van der Waals surface area (Å²) >= 11 is 6.60. The number of hydrogen-bond donors (Lipinski definition) is 0. The van der Waals surface area contributed by atoms with Gasteiger partial charge >= 0.3 is 6.09 Å². The number of carbonyl (C=O) groups excluding carboxylic acids is 2. The van der Waals surface area contributed by atoms with Gasteiger partial charge in [-0.1, -0.05) is 36.1 Å². The Morgan fingerprint density at radius 1 is 1.21 bits per heavy atom. The van der Waals surface area contributed by atoms with E-state index in [0.29, 0.717) is 52.3 Å². The second kappa shape index (κ2) is 11.4. The standard InChI is InChI=1S/C26H26FN5O4S2/c1-4-36-25(35)31-11-9-30(10-12-31)22-19(16(2)20(14-28)23(33)29(22)3)13-21-24(34)32(26(37)38-21)15-17-5-7-18(27)8-6-17/h5-8,13H,4,9-12,15H2,1-3H3/b21-13-. The fourth-order valence-corrected chi connectivity index (χ4v) is 5.69. The number of rotatable bonds is 5. The Kier molecular flexibility index (Phi) is 8.18.